The average molecular weight is 301 g/mol. The Kier molecular flexibility index (Phi) is 4.83. The van der Waals surface area contributed by atoms with Crippen LogP contribution in [-0.4, -0.2) is 66.5 Å². The standard InChI is InChI=1S/C14H28N3O2P/c1-19-13-14-7-6-12-17(14)20(18,15-8-2-3-9-15)16-10-4-5-11-16/h14H,2-13H2,1H3/t14-/m0/s1. The second-order valence-electron chi connectivity index (χ2n) is 6.25. The molecule has 5 nitrogen and oxygen atoms in total. The second kappa shape index (κ2) is 6.45. The lowest BCUT2D eigenvalue weighted by Gasteiger charge is -2.42. The fourth-order valence-corrected chi connectivity index (χ4v) is 7.58. The summed E-state index contributed by atoms with van der Waals surface area (Å²) in [6, 6.07) is 0.340. The predicted octanol–water partition coefficient (Wildman–Crippen LogP) is 2.40. The van der Waals surface area contributed by atoms with Crippen LogP contribution in [0.3, 0.4) is 0 Å². The molecule has 0 saturated carbocycles. The monoisotopic (exact) mass is 301 g/mol. The smallest absolute Gasteiger partial charge is 0.287 e. The van der Waals surface area contributed by atoms with Gasteiger partial charge in [0.05, 0.1) is 6.61 Å². The van der Waals surface area contributed by atoms with Crippen molar-refractivity contribution in [2.24, 2.45) is 0 Å². The molecule has 0 radical (unpaired) electrons. The summed E-state index contributed by atoms with van der Waals surface area (Å²) in [6.45, 7) is 5.70. The molecular weight excluding hydrogens is 273 g/mol. The zero-order valence-electron chi connectivity index (χ0n) is 12.7. The summed E-state index contributed by atoms with van der Waals surface area (Å²) in [6.07, 6.45) is 7.06. The van der Waals surface area contributed by atoms with Gasteiger partial charge < -0.3 is 4.74 Å². The van der Waals surface area contributed by atoms with E-state index in [2.05, 4.69) is 14.0 Å². The molecule has 3 aliphatic rings. The van der Waals surface area contributed by atoms with Crippen LogP contribution in [0.4, 0.5) is 0 Å². The van der Waals surface area contributed by atoms with Crippen molar-refractivity contribution in [2.75, 3.05) is 46.4 Å². The molecule has 3 aliphatic heterocycles. The van der Waals surface area contributed by atoms with Gasteiger partial charge in [-0.1, -0.05) is 0 Å². The highest BCUT2D eigenvalue weighted by Crippen LogP contribution is 2.61. The zero-order valence-corrected chi connectivity index (χ0v) is 13.6. The number of ether oxygens (including phenoxy) is 1. The minimum absolute atomic E-state index is 0.340. The summed E-state index contributed by atoms with van der Waals surface area (Å²) in [7, 11) is -0.771. The summed E-state index contributed by atoms with van der Waals surface area (Å²) in [4.78, 5) is 0. The minimum Gasteiger partial charge on any atom is -0.383 e. The van der Waals surface area contributed by atoms with E-state index < -0.39 is 7.59 Å². The molecule has 0 spiro atoms. The lowest BCUT2D eigenvalue weighted by atomic mass is 10.2. The average Bonchev–Trinajstić information content (AvgIpc) is 3.20. The van der Waals surface area contributed by atoms with Crippen LogP contribution in [0.15, 0.2) is 0 Å². The van der Waals surface area contributed by atoms with Gasteiger partial charge in [0, 0.05) is 45.9 Å². The Balaban J connectivity index is 1.85. The third kappa shape index (κ3) is 2.59. The Morgan fingerprint density at radius 3 is 2.00 bits per heavy atom. The highest BCUT2D eigenvalue weighted by molar-refractivity contribution is 7.56. The van der Waals surface area contributed by atoms with Crippen LogP contribution >= 0.6 is 7.59 Å². The van der Waals surface area contributed by atoms with Crippen LogP contribution in [0, 0.1) is 0 Å². The van der Waals surface area contributed by atoms with E-state index in [-0.39, 0.29) is 0 Å². The van der Waals surface area contributed by atoms with Crippen LogP contribution in [0.25, 0.3) is 0 Å². The van der Waals surface area contributed by atoms with Gasteiger partial charge in [0.15, 0.2) is 0 Å². The van der Waals surface area contributed by atoms with Gasteiger partial charge in [0.2, 0.25) is 0 Å². The second-order valence-corrected chi connectivity index (χ2v) is 8.92. The molecule has 1 atom stereocenters. The van der Waals surface area contributed by atoms with E-state index in [0.29, 0.717) is 12.6 Å². The molecule has 0 unspecified atom stereocenters. The third-order valence-corrected chi connectivity index (χ3v) is 8.41. The van der Waals surface area contributed by atoms with E-state index >= 15 is 0 Å². The molecule has 3 heterocycles. The molecule has 116 valence electrons. The molecule has 0 aliphatic carbocycles. The summed E-state index contributed by atoms with van der Waals surface area (Å²) >= 11 is 0. The van der Waals surface area contributed by atoms with Gasteiger partial charge in [-0.2, -0.15) is 0 Å². The van der Waals surface area contributed by atoms with Gasteiger partial charge in [-0.05, 0) is 38.5 Å². The molecule has 0 aromatic carbocycles. The van der Waals surface area contributed by atoms with Gasteiger partial charge >= 0.3 is 0 Å². The molecule has 3 fully saturated rings. The molecule has 0 N–H and O–H groups in total. The van der Waals surface area contributed by atoms with Crippen molar-refractivity contribution in [2.45, 2.75) is 44.6 Å². The molecule has 0 bridgehead atoms. The fraction of sp³-hybridized carbons (Fsp3) is 1.00. The van der Waals surface area contributed by atoms with Gasteiger partial charge in [0.1, 0.15) is 0 Å². The Morgan fingerprint density at radius 1 is 0.950 bits per heavy atom. The van der Waals surface area contributed by atoms with Gasteiger partial charge in [-0.3, -0.25) is 4.57 Å². The zero-order chi connectivity index (χ0) is 14.0. The van der Waals surface area contributed by atoms with Gasteiger partial charge in [-0.25, -0.2) is 14.0 Å². The molecule has 0 aromatic heterocycles. The number of nitrogens with zero attached hydrogens (tertiary/aromatic N) is 3. The van der Waals surface area contributed by atoms with Crippen LogP contribution in [0.1, 0.15) is 38.5 Å². The normalized spacial score (nSPS) is 30.6. The first kappa shape index (κ1) is 15.0. The van der Waals surface area contributed by atoms with Gasteiger partial charge in [-0.15, -0.1) is 0 Å². The number of methoxy groups -OCH3 is 1. The van der Waals surface area contributed by atoms with Crippen LogP contribution in [0.5, 0.6) is 0 Å². The molecule has 3 rings (SSSR count). The Labute approximate surface area is 122 Å². The molecule has 0 amide bonds. The summed E-state index contributed by atoms with van der Waals surface area (Å²) < 4.78 is 26.3. The van der Waals surface area contributed by atoms with Crippen LogP contribution in [0.2, 0.25) is 0 Å². The van der Waals surface area contributed by atoms with Crippen LogP contribution < -0.4 is 0 Å². The summed E-state index contributed by atoms with van der Waals surface area (Å²) in [5.74, 6) is 0. The first-order chi connectivity index (χ1) is 9.76. The van der Waals surface area contributed by atoms with E-state index in [9.17, 15) is 4.57 Å². The number of rotatable bonds is 5. The lowest BCUT2D eigenvalue weighted by Crippen LogP contribution is -2.42. The van der Waals surface area contributed by atoms with E-state index in [0.717, 1.165) is 45.6 Å². The maximum atomic E-state index is 14.0. The molecule has 6 heteroatoms. The highest BCUT2D eigenvalue weighted by Gasteiger charge is 2.48. The first-order valence-electron chi connectivity index (χ1n) is 8.14. The minimum atomic E-state index is -2.53. The van der Waals surface area contributed by atoms with Crippen molar-refractivity contribution in [3.05, 3.63) is 0 Å². The van der Waals surface area contributed by atoms with Crippen LogP contribution in [-0.2, 0) is 9.30 Å². The SMILES string of the molecule is COC[C@@H]1CCCN1P(=O)(N1CCCC1)N1CCCC1. The van der Waals surface area contributed by atoms with E-state index in [1.807, 2.05) is 0 Å². The number of hydrogen-bond acceptors (Lipinski definition) is 2. The summed E-state index contributed by atoms with van der Waals surface area (Å²) in [5, 5.41) is 0. The van der Waals surface area contributed by atoms with Crippen molar-refractivity contribution in [3.8, 4) is 0 Å². The summed E-state index contributed by atoms with van der Waals surface area (Å²) in [5.41, 5.74) is 0. The van der Waals surface area contributed by atoms with Crippen molar-refractivity contribution in [3.63, 3.8) is 0 Å². The lowest BCUT2D eigenvalue weighted by molar-refractivity contribution is 0.140. The predicted molar refractivity (Wildman–Crippen MR) is 80.8 cm³/mol. The van der Waals surface area contributed by atoms with E-state index in [4.69, 9.17) is 4.74 Å². The van der Waals surface area contributed by atoms with Crippen molar-refractivity contribution >= 4 is 7.59 Å². The Morgan fingerprint density at radius 2 is 1.50 bits per heavy atom. The quantitative estimate of drug-likeness (QED) is 0.729. The van der Waals surface area contributed by atoms with Crippen molar-refractivity contribution in [1.29, 1.82) is 0 Å². The van der Waals surface area contributed by atoms with E-state index in [1.54, 1.807) is 7.11 Å². The van der Waals surface area contributed by atoms with E-state index in [1.165, 1.54) is 25.7 Å². The van der Waals surface area contributed by atoms with Crippen molar-refractivity contribution in [1.82, 2.24) is 14.0 Å². The third-order valence-electron chi connectivity index (χ3n) is 4.94. The maximum absolute atomic E-state index is 14.0. The van der Waals surface area contributed by atoms with Crippen molar-refractivity contribution < 1.29 is 9.30 Å². The maximum Gasteiger partial charge on any atom is 0.287 e. The molecule has 20 heavy (non-hydrogen) atoms. The number of hydrogen-bond donors (Lipinski definition) is 0. The van der Waals surface area contributed by atoms with Gasteiger partial charge in [0.25, 0.3) is 7.59 Å². The Hall–Kier alpha value is 0.0700. The molecular formula is C14H28N3O2P. The topological polar surface area (TPSA) is 36.0 Å². The highest BCUT2D eigenvalue weighted by atomic mass is 31.2. The fourth-order valence-electron chi connectivity index (χ4n) is 3.95. The largest absolute Gasteiger partial charge is 0.383 e. The first-order valence-corrected chi connectivity index (χ1v) is 9.70. The Bertz CT molecular complexity index is 347. The molecule has 0 aromatic rings. The molecule has 3 saturated heterocycles.